The van der Waals surface area contributed by atoms with Crippen molar-refractivity contribution < 1.29 is 44.5 Å². The Bertz CT molecular complexity index is 2060. The van der Waals surface area contributed by atoms with Crippen LogP contribution in [0.4, 0.5) is 5.69 Å². The Labute approximate surface area is 242 Å². The lowest BCUT2D eigenvalue weighted by Crippen LogP contribution is -2.40. The first-order valence-electron chi connectivity index (χ1n) is 12.4. The number of unbranched alkanes of at least 4 members (excludes halogenated alkanes) is 1. The highest BCUT2D eigenvalue weighted by atomic mass is 32.2. The lowest BCUT2D eigenvalue weighted by molar-refractivity contribution is -0.139. The first-order valence-corrected chi connectivity index (χ1v) is 16.5. The highest BCUT2D eigenvalue weighted by molar-refractivity contribution is 7.89. The zero-order chi connectivity index (χ0) is 31.1. The molecule has 0 fully saturated rings. The molecular weight excluding hydrogens is 610 g/mol. The molecule has 42 heavy (non-hydrogen) atoms. The third-order valence-electron chi connectivity index (χ3n) is 6.79. The van der Waals surface area contributed by atoms with Gasteiger partial charge in [-0.3, -0.25) is 14.1 Å². The summed E-state index contributed by atoms with van der Waals surface area (Å²) in [6, 6.07) is 5.81. The molecule has 6 N–H and O–H groups in total. The van der Waals surface area contributed by atoms with E-state index >= 15 is 0 Å². The molecule has 4 rings (SSSR count). The predicted molar refractivity (Wildman–Crippen MR) is 156 cm³/mol. The molecule has 4 aromatic carbocycles. The van der Waals surface area contributed by atoms with Gasteiger partial charge in [0.1, 0.15) is 10.9 Å². The summed E-state index contributed by atoms with van der Waals surface area (Å²) in [5, 5.41) is 12.8. The van der Waals surface area contributed by atoms with Gasteiger partial charge in [-0.25, -0.2) is 16.8 Å². The molecule has 0 bridgehead atoms. The molecule has 4 aromatic rings. The Kier molecular flexibility index (Phi) is 8.48. The van der Waals surface area contributed by atoms with Gasteiger partial charge >= 0.3 is 5.97 Å². The van der Waals surface area contributed by atoms with Crippen molar-refractivity contribution in [2.75, 3.05) is 12.3 Å². The molecule has 16 heteroatoms. The normalized spacial score (nSPS) is 13.2. The van der Waals surface area contributed by atoms with Crippen molar-refractivity contribution in [3.63, 3.8) is 0 Å². The average Bonchev–Trinajstić information content (AvgIpc) is 2.89. The fraction of sp³-hybridized carbons (Fsp3) is 0.231. The van der Waals surface area contributed by atoms with E-state index < -0.39 is 57.5 Å². The van der Waals surface area contributed by atoms with Crippen molar-refractivity contribution in [3.8, 4) is 0 Å². The number of nitrogens with two attached hydrogens (primary N) is 1. The molecule has 0 aliphatic carbocycles. The number of nitrogens with one attached hydrogen (secondary N) is 2. The standard InChI is InChI=1S/C26H27N3O10S3/c1-13(2)25(30)28-10-4-3-5-19(26(31)32)29-41(35,36)21-11-18(27)14-6-8-17-22(42(37,38)39)12-20(40(33)34)15-7-9-16(21)23(14)24(15)17/h6-9,11-12,19,29,40H,1,3-5,10,27H2,2H3,(H,28,30)(H,31,32)(H,37,38,39). The molecular formula is C26H27N3O10S3. The van der Waals surface area contributed by atoms with E-state index in [9.17, 15) is 44.5 Å². The minimum Gasteiger partial charge on any atom is -0.480 e. The number of nitrogen functional groups attached to an aromatic ring is 1. The van der Waals surface area contributed by atoms with E-state index in [-0.39, 0.29) is 63.3 Å². The van der Waals surface area contributed by atoms with Gasteiger partial charge in [0.2, 0.25) is 15.9 Å². The van der Waals surface area contributed by atoms with Crippen molar-refractivity contribution in [1.29, 1.82) is 0 Å². The number of carbonyl (C=O) groups is 2. The number of carboxylic acids is 1. The number of hydrogen-bond donors (Lipinski definition) is 6. The van der Waals surface area contributed by atoms with E-state index in [4.69, 9.17) is 5.73 Å². The van der Waals surface area contributed by atoms with Crippen LogP contribution in [0.2, 0.25) is 0 Å². The number of thiol groups is 1. The highest BCUT2D eigenvalue weighted by Gasteiger charge is 2.29. The van der Waals surface area contributed by atoms with Crippen LogP contribution in [-0.4, -0.2) is 59.4 Å². The summed E-state index contributed by atoms with van der Waals surface area (Å²) in [7, 11) is -12.8. The summed E-state index contributed by atoms with van der Waals surface area (Å²) in [6.07, 6.45) is 0.526. The maximum atomic E-state index is 13.6. The number of carboxylic acid groups (broad SMARTS) is 1. The molecule has 1 amide bonds. The van der Waals surface area contributed by atoms with Crippen LogP contribution >= 0.6 is 0 Å². The maximum Gasteiger partial charge on any atom is 0.321 e. The molecule has 0 heterocycles. The highest BCUT2D eigenvalue weighted by Crippen LogP contribution is 2.43. The van der Waals surface area contributed by atoms with E-state index in [1.54, 1.807) is 0 Å². The third kappa shape index (κ3) is 5.89. The quantitative estimate of drug-likeness (QED) is 0.0329. The Morgan fingerprint density at radius 3 is 2.10 bits per heavy atom. The molecule has 0 aromatic heterocycles. The largest absolute Gasteiger partial charge is 0.480 e. The predicted octanol–water partition coefficient (Wildman–Crippen LogP) is 1.98. The van der Waals surface area contributed by atoms with Gasteiger partial charge in [-0.2, -0.15) is 13.1 Å². The fourth-order valence-corrected chi connectivity index (χ4v) is 7.71. The van der Waals surface area contributed by atoms with E-state index in [2.05, 4.69) is 16.6 Å². The number of benzene rings is 4. The second-order valence-electron chi connectivity index (χ2n) is 9.71. The average molecular weight is 638 g/mol. The van der Waals surface area contributed by atoms with Gasteiger partial charge in [-0.1, -0.05) is 30.8 Å². The Balaban J connectivity index is 1.81. The number of amides is 1. The number of hydrogen-bond acceptors (Lipinski definition) is 9. The van der Waals surface area contributed by atoms with Crippen LogP contribution in [0.5, 0.6) is 0 Å². The minimum absolute atomic E-state index is 0.0241. The van der Waals surface area contributed by atoms with E-state index in [1.807, 2.05) is 0 Å². The van der Waals surface area contributed by atoms with Crippen molar-refractivity contribution >= 4 is 80.7 Å². The van der Waals surface area contributed by atoms with Gasteiger partial charge < -0.3 is 16.2 Å². The lowest BCUT2D eigenvalue weighted by atomic mass is 9.93. The van der Waals surface area contributed by atoms with Crippen LogP contribution in [-0.2, 0) is 40.4 Å². The van der Waals surface area contributed by atoms with Crippen molar-refractivity contribution in [3.05, 3.63) is 48.6 Å². The summed E-state index contributed by atoms with van der Waals surface area (Å²) < 4.78 is 87.6. The van der Waals surface area contributed by atoms with Crippen molar-refractivity contribution in [2.45, 2.75) is 46.9 Å². The molecule has 13 nitrogen and oxygen atoms in total. The van der Waals surface area contributed by atoms with Crippen LogP contribution < -0.4 is 15.8 Å². The zero-order valence-electron chi connectivity index (χ0n) is 22.1. The zero-order valence-corrected chi connectivity index (χ0v) is 24.6. The van der Waals surface area contributed by atoms with Crippen LogP contribution in [0.15, 0.2) is 63.2 Å². The summed E-state index contributed by atoms with van der Waals surface area (Å²) in [5.41, 5.74) is 6.46. The number of aliphatic carboxylic acids is 1. The van der Waals surface area contributed by atoms with Gasteiger partial charge in [0.25, 0.3) is 10.1 Å². The monoisotopic (exact) mass is 637 g/mol. The summed E-state index contributed by atoms with van der Waals surface area (Å²) >= 11 is 0. The van der Waals surface area contributed by atoms with Gasteiger partial charge in [-0.15, -0.1) is 0 Å². The maximum absolute atomic E-state index is 13.6. The van der Waals surface area contributed by atoms with E-state index in [1.165, 1.54) is 31.2 Å². The molecule has 0 aliphatic heterocycles. The third-order valence-corrected chi connectivity index (χ3v) is 9.95. The summed E-state index contributed by atoms with van der Waals surface area (Å²) in [5.74, 6) is -1.79. The molecule has 0 radical (unpaired) electrons. The first kappa shape index (κ1) is 31.1. The summed E-state index contributed by atoms with van der Waals surface area (Å²) in [6.45, 7) is 5.29. The number of sulfonamides is 1. The number of rotatable bonds is 12. The second kappa shape index (κ2) is 11.4. The minimum atomic E-state index is -4.90. The molecule has 0 spiro atoms. The molecule has 0 saturated carbocycles. The summed E-state index contributed by atoms with van der Waals surface area (Å²) in [4.78, 5) is 22.0. The first-order chi connectivity index (χ1) is 19.5. The van der Waals surface area contributed by atoms with Crippen LogP contribution in [0.1, 0.15) is 26.2 Å². The van der Waals surface area contributed by atoms with Gasteiger partial charge in [0.15, 0.2) is 10.7 Å². The van der Waals surface area contributed by atoms with Crippen LogP contribution in [0, 0.1) is 0 Å². The number of anilines is 1. The van der Waals surface area contributed by atoms with E-state index in [0.717, 1.165) is 12.1 Å². The molecule has 224 valence electrons. The SMILES string of the molecule is C=C(C)C(=O)NCCCCC(NS(=O)(=O)c1cc(N)c2ccc3c(S(=O)(=O)O)cc([SH](=O)=O)c4ccc1c2c43)C(=O)O. The lowest BCUT2D eigenvalue weighted by Gasteiger charge is -2.19. The Morgan fingerprint density at radius 2 is 1.52 bits per heavy atom. The molecule has 0 saturated heterocycles. The molecule has 1 unspecified atom stereocenters. The van der Waals surface area contributed by atoms with Crippen LogP contribution in [0.3, 0.4) is 0 Å². The van der Waals surface area contributed by atoms with Crippen LogP contribution in [0.25, 0.3) is 32.3 Å². The smallest absolute Gasteiger partial charge is 0.321 e. The molecule has 1 atom stereocenters. The van der Waals surface area contributed by atoms with Gasteiger partial charge in [0.05, 0.1) is 9.79 Å². The second-order valence-corrected chi connectivity index (χ2v) is 13.8. The van der Waals surface area contributed by atoms with Gasteiger partial charge in [-0.05, 0) is 38.3 Å². The Morgan fingerprint density at radius 1 is 0.952 bits per heavy atom. The van der Waals surface area contributed by atoms with Gasteiger partial charge in [0, 0.05) is 50.1 Å². The van der Waals surface area contributed by atoms with Crippen molar-refractivity contribution in [2.24, 2.45) is 0 Å². The Hall–Kier alpha value is -3.83. The molecule has 0 aliphatic rings. The van der Waals surface area contributed by atoms with E-state index in [0.29, 0.717) is 12.0 Å². The fourth-order valence-electron chi connectivity index (χ4n) is 4.83. The topological polar surface area (TPSA) is 227 Å². The van der Waals surface area contributed by atoms with Crippen molar-refractivity contribution in [1.82, 2.24) is 10.0 Å². The number of carbonyl (C=O) groups excluding carboxylic acids is 1.